The van der Waals surface area contributed by atoms with Crippen molar-refractivity contribution in [3.63, 3.8) is 0 Å². The summed E-state index contributed by atoms with van der Waals surface area (Å²) < 4.78 is 5.81. The van der Waals surface area contributed by atoms with E-state index < -0.39 is 12.2 Å². The van der Waals surface area contributed by atoms with Crippen molar-refractivity contribution in [1.29, 1.82) is 0 Å². The molecule has 0 bridgehead atoms. The molecule has 3 aliphatic carbocycles. The number of morpholine rings is 1. The number of hydrogen-bond donors (Lipinski definition) is 2. The number of nitrogens with zero attached hydrogens (tertiary/aromatic N) is 1. The van der Waals surface area contributed by atoms with Gasteiger partial charge in [-0.1, -0.05) is 52.0 Å². The summed E-state index contributed by atoms with van der Waals surface area (Å²) in [4.78, 5) is 2.71. The van der Waals surface area contributed by atoms with Crippen LogP contribution in [0.5, 0.6) is 0 Å². The van der Waals surface area contributed by atoms with Gasteiger partial charge in [0.15, 0.2) is 0 Å². The van der Waals surface area contributed by atoms with Gasteiger partial charge in [0.1, 0.15) is 0 Å². The van der Waals surface area contributed by atoms with E-state index in [9.17, 15) is 10.2 Å². The molecule has 0 aromatic rings. The van der Waals surface area contributed by atoms with Gasteiger partial charge in [0.25, 0.3) is 0 Å². The molecule has 4 aliphatic rings. The average molecular weight is 458 g/mol. The maximum absolute atomic E-state index is 10.2. The lowest BCUT2D eigenvalue weighted by Crippen LogP contribution is -2.51. The zero-order chi connectivity index (χ0) is 23.8. The van der Waals surface area contributed by atoms with Crippen molar-refractivity contribution < 1.29 is 14.9 Å². The zero-order valence-corrected chi connectivity index (χ0v) is 21.4. The van der Waals surface area contributed by atoms with Crippen LogP contribution in [0.3, 0.4) is 0 Å². The average Bonchev–Trinajstić information content (AvgIpc) is 3.13. The van der Waals surface area contributed by atoms with Crippen LogP contribution < -0.4 is 0 Å². The van der Waals surface area contributed by atoms with Gasteiger partial charge in [-0.2, -0.15) is 0 Å². The zero-order valence-electron chi connectivity index (χ0n) is 21.4. The van der Waals surface area contributed by atoms with Crippen LogP contribution in [-0.2, 0) is 4.74 Å². The van der Waals surface area contributed by atoms with Crippen LogP contribution in [0.15, 0.2) is 35.5 Å². The lowest BCUT2D eigenvalue weighted by Gasteiger charge is -2.46. The fourth-order valence-corrected chi connectivity index (χ4v) is 7.67. The van der Waals surface area contributed by atoms with Gasteiger partial charge in [-0.05, 0) is 78.8 Å². The minimum absolute atomic E-state index is 0.379. The van der Waals surface area contributed by atoms with Gasteiger partial charge < -0.3 is 14.9 Å². The molecule has 4 fully saturated rings. The van der Waals surface area contributed by atoms with Gasteiger partial charge in [0.05, 0.1) is 25.4 Å². The number of aliphatic hydroxyl groups is 2. The molecule has 0 aromatic heterocycles. The summed E-state index contributed by atoms with van der Waals surface area (Å²) in [6, 6.07) is 0.550. The summed E-state index contributed by atoms with van der Waals surface area (Å²) in [6.45, 7) is 17.8. The number of ether oxygens (including phenoxy) is 1. The standard InChI is InChI=1S/C29H47NO3/c1-19(2)27-18-33-14-13-30(27)17-20(3)25-10-11-26-22(7-6-12-29(25,26)5)8-9-23-15-24(31)16-28(32)21(23)4/h8-9,19-20,24-28,31-32H,4,6-7,10-18H2,1-3,5H3/b22-8+,23-9-/t20-,24?,25-,26+,27-,28?,29-/m1/s1. The summed E-state index contributed by atoms with van der Waals surface area (Å²) in [6.07, 6.45) is 10.8. The van der Waals surface area contributed by atoms with E-state index in [2.05, 4.69) is 51.3 Å². The Kier molecular flexibility index (Phi) is 7.90. The normalized spacial score (nSPS) is 41.7. The third-order valence-corrected chi connectivity index (χ3v) is 9.56. The Morgan fingerprint density at radius 3 is 2.76 bits per heavy atom. The lowest BCUT2D eigenvalue weighted by atomic mass is 9.61. The fourth-order valence-electron chi connectivity index (χ4n) is 7.67. The van der Waals surface area contributed by atoms with Crippen molar-refractivity contribution in [1.82, 2.24) is 4.90 Å². The van der Waals surface area contributed by atoms with Crippen LogP contribution in [0.25, 0.3) is 0 Å². The summed E-state index contributed by atoms with van der Waals surface area (Å²) in [5, 5.41) is 20.3. The highest BCUT2D eigenvalue weighted by atomic mass is 16.5. The molecule has 0 spiro atoms. The minimum atomic E-state index is -0.610. The van der Waals surface area contributed by atoms with E-state index in [0.29, 0.717) is 42.1 Å². The molecule has 2 unspecified atom stereocenters. The van der Waals surface area contributed by atoms with Crippen molar-refractivity contribution >= 4 is 0 Å². The molecule has 4 nitrogen and oxygen atoms in total. The van der Waals surface area contributed by atoms with Crippen LogP contribution in [0.2, 0.25) is 0 Å². The molecule has 186 valence electrons. The Balaban J connectivity index is 1.47. The predicted molar refractivity (Wildman–Crippen MR) is 135 cm³/mol. The number of rotatable bonds is 5. The number of aliphatic hydroxyl groups excluding tert-OH is 2. The molecule has 7 atom stereocenters. The molecule has 4 heteroatoms. The van der Waals surface area contributed by atoms with E-state index in [1.165, 1.54) is 38.6 Å². The van der Waals surface area contributed by atoms with Gasteiger partial charge in [0.2, 0.25) is 0 Å². The van der Waals surface area contributed by atoms with Crippen molar-refractivity contribution in [2.75, 3.05) is 26.3 Å². The van der Waals surface area contributed by atoms with Crippen molar-refractivity contribution in [2.45, 2.75) is 90.9 Å². The minimum Gasteiger partial charge on any atom is -0.393 e. The van der Waals surface area contributed by atoms with Crippen molar-refractivity contribution in [3.05, 3.63) is 35.5 Å². The second-order valence-corrected chi connectivity index (χ2v) is 12.0. The maximum Gasteiger partial charge on any atom is 0.0811 e. The smallest absolute Gasteiger partial charge is 0.0811 e. The third kappa shape index (κ3) is 5.19. The maximum atomic E-state index is 10.2. The highest BCUT2D eigenvalue weighted by molar-refractivity contribution is 5.38. The Labute approximate surface area is 201 Å². The number of fused-ring (bicyclic) bond motifs is 1. The Morgan fingerprint density at radius 2 is 2.00 bits per heavy atom. The first-order valence-corrected chi connectivity index (χ1v) is 13.5. The van der Waals surface area contributed by atoms with Crippen LogP contribution in [0.4, 0.5) is 0 Å². The number of allylic oxidation sites excluding steroid dienone is 3. The highest BCUT2D eigenvalue weighted by Gasteiger charge is 2.51. The molecular weight excluding hydrogens is 410 g/mol. The van der Waals surface area contributed by atoms with E-state index in [1.807, 2.05) is 0 Å². The molecule has 1 heterocycles. The van der Waals surface area contributed by atoms with Crippen molar-refractivity contribution in [2.24, 2.45) is 29.1 Å². The molecule has 3 saturated carbocycles. The Bertz CT molecular complexity index is 771. The quantitative estimate of drug-likeness (QED) is 0.602. The van der Waals surface area contributed by atoms with Crippen LogP contribution in [-0.4, -0.2) is 59.7 Å². The SMILES string of the molecule is C=C1/C(=C\C=C2/CCC[C@]3(C)[C@@H]([C@H](C)CN4CCOC[C@@H]4C(C)C)CC[C@@H]23)CC(O)CC1O. The van der Waals surface area contributed by atoms with E-state index in [1.54, 1.807) is 5.57 Å². The summed E-state index contributed by atoms with van der Waals surface area (Å²) >= 11 is 0. The van der Waals surface area contributed by atoms with Crippen LogP contribution >= 0.6 is 0 Å². The topological polar surface area (TPSA) is 52.9 Å². The van der Waals surface area contributed by atoms with E-state index in [-0.39, 0.29) is 0 Å². The first-order chi connectivity index (χ1) is 15.7. The summed E-state index contributed by atoms with van der Waals surface area (Å²) in [5.41, 5.74) is 3.78. The predicted octanol–water partition coefficient (Wildman–Crippen LogP) is 5.12. The fraction of sp³-hybridized carbons (Fsp3) is 0.793. The van der Waals surface area contributed by atoms with Crippen molar-refractivity contribution in [3.8, 4) is 0 Å². The molecule has 0 radical (unpaired) electrons. The second-order valence-electron chi connectivity index (χ2n) is 12.0. The Morgan fingerprint density at radius 1 is 1.21 bits per heavy atom. The van der Waals surface area contributed by atoms with Crippen LogP contribution in [0.1, 0.15) is 72.6 Å². The summed E-state index contributed by atoms with van der Waals surface area (Å²) in [7, 11) is 0. The highest BCUT2D eigenvalue weighted by Crippen LogP contribution is 2.59. The summed E-state index contributed by atoms with van der Waals surface area (Å²) in [5.74, 6) is 2.75. The molecular formula is C29H47NO3. The largest absolute Gasteiger partial charge is 0.393 e. The van der Waals surface area contributed by atoms with E-state index >= 15 is 0 Å². The third-order valence-electron chi connectivity index (χ3n) is 9.56. The molecule has 0 aromatic carbocycles. The lowest BCUT2D eigenvalue weighted by molar-refractivity contribution is -0.0389. The molecule has 33 heavy (non-hydrogen) atoms. The Hall–Kier alpha value is -0.940. The van der Waals surface area contributed by atoms with Gasteiger partial charge in [0, 0.05) is 25.6 Å². The van der Waals surface area contributed by atoms with E-state index in [0.717, 1.165) is 36.8 Å². The van der Waals surface area contributed by atoms with Gasteiger partial charge >= 0.3 is 0 Å². The number of hydrogen-bond acceptors (Lipinski definition) is 4. The monoisotopic (exact) mass is 457 g/mol. The first-order valence-electron chi connectivity index (χ1n) is 13.5. The van der Waals surface area contributed by atoms with Gasteiger partial charge in [-0.3, -0.25) is 4.90 Å². The van der Waals surface area contributed by atoms with Crippen LogP contribution in [0, 0.1) is 29.1 Å². The molecule has 4 rings (SSSR count). The second kappa shape index (κ2) is 10.4. The molecule has 1 saturated heterocycles. The molecule has 0 amide bonds. The van der Waals surface area contributed by atoms with Gasteiger partial charge in [-0.15, -0.1) is 0 Å². The van der Waals surface area contributed by atoms with E-state index in [4.69, 9.17) is 4.74 Å². The van der Waals surface area contributed by atoms with Gasteiger partial charge in [-0.25, -0.2) is 0 Å². The molecule has 1 aliphatic heterocycles. The first kappa shape index (κ1) is 25.2. The molecule has 2 N–H and O–H groups in total.